The van der Waals surface area contributed by atoms with E-state index in [4.69, 9.17) is 9.15 Å². The van der Waals surface area contributed by atoms with Crippen molar-refractivity contribution in [3.63, 3.8) is 0 Å². The summed E-state index contributed by atoms with van der Waals surface area (Å²) in [4.78, 5) is 27.0. The van der Waals surface area contributed by atoms with Gasteiger partial charge in [-0.25, -0.2) is 0 Å². The van der Waals surface area contributed by atoms with Crippen molar-refractivity contribution in [3.05, 3.63) is 76.3 Å². The lowest BCUT2D eigenvalue weighted by Gasteiger charge is -2.09. The lowest BCUT2D eigenvalue weighted by Crippen LogP contribution is -2.29. The molecule has 0 radical (unpaired) electrons. The highest BCUT2D eigenvalue weighted by Gasteiger charge is 2.13. The van der Waals surface area contributed by atoms with E-state index in [1.165, 1.54) is 12.3 Å². The molecule has 0 bridgehead atoms. The number of hydrogen-bond donors (Lipinski definition) is 2. The molecule has 1 aromatic carbocycles. The fourth-order valence-corrected chi connectivity index (χ4v) is 2.35. The number of aromatic amines is 1. The van der Waals surface area contributed by atoms with Gasteiger partial charge < -0.3 is 19.5 Å². The Morgan fingerprint density at radius 2 is 2.00 bits per heavy atom. The number of carbonyl (C=O) groups is 1. The topological polar surface area (TPSA) is 84.3 Å². The van der Waals surface area contributed by atoms with E-state index >= 15 is 0 Å². The Morgan fingerprint density at radius 1 is 1.17 bits per heavy atom. The van der Waals surface area contributed by atoms with Gasteiger partial charge in [0.2, 0.25) is 0 Å². The van der Waals surface area contributed by atoms with Gasteiger partial charge in [-0.15, -0.1) is 0 Å². The SMILES string of the molecule is COc1ccccc1CNC(=O)c1ccc(-c2ccco2)[nH]c1=O. The maximum absolute atomic E-state index is 12.2. The van der Waals surface area contributed by atoms with E-state index in [0.717, 1.165) is 5.56 Å². The van der Waals surface area contributed by atoms with Gasteiger partial charge in [-0.1, -0.05) is 18.2 Å². The predicted octanol–water partition coefficient (Wildman–Crippen LogP) is 2.57. The van der Waals surface area contributed by atoms with E-state index < -0.39 is 11.5 Å². The van der Waals surface area contributed by atoms with Crippen molar-refractivity contribution in [2.45, 2.75) is 6.54 Å². The average molecular weight is 324 g/mol. The van der Waals surface area contributed by atoms with Crippen LogP contribution in [0.15, 0.2) is 64.0 Å². The highest BCUT2D eigenvalue weighted by Crippen LogP contribution is 2.17. The fraction of sp³-hybridized carbons (Fsp3) is 0.111. The molecule has 24 heavy (non-hydrogen) atoms. The summed E-state index contributed by atoms with van der Waals surface area (Å²) in [5.41, 5.74) is 0.921. The van der Waals surface area contributed by atoms with Crippen molar-refractivity contribution < 1.29 is 13.9 Å². The first-order valence-electron chi connectivity index (χ1n) is 7.36. The van der Waals surface area contributed by atoms with Crippen molar-refractivity contribution in [1.82, 2.24) is 10.3 Å². The van der Waals surface area contributed by atoms with E-state index in [1.54, 1.807) is 25.3 Å². The number of para-hydroxylation sites is 1. The van der Waals surface area contributed by atoms with Crippen molar-refractivity contribution in [2.24, 2.45) is 0 Å². The molecule has 2 heterocycles. The number of nitrogens with one attached hydrogen (secondary N) is 2. The quantitative estimate of drug-likeness (QED) is 0.755. The molecular formula is C18H16N2O4. The van der Waals surface area contributed by atoms with Gasteiger partial charge in [0.15, 0.2) is 0 Å². The zero-order valence-electron chi connectivity index (χ0n) is 13.0. The second-order valence-corrected chi connectivity index (χ2v) is 5.09. The maximum Gasteiger partial charge on any atom is 0.261 e. The Kier molecular flexibility index (Phi) is 4.47. The molecule has 0 atom stereocenters. The first-order chi connectivity index (χ1) is 11.7. The number of furan rings is 1. The number of carbonyl (C=O) groups excluding carboxylic acids is 1. The number of H-pyrrole nitrogens is 1. The summed E-state index contributed by atoms with van der Waals surface area (Å²) in [5, 5.41) is 2.72. The maximum atomic E-state index is 12.2. The van der Waals surface area contributed by atoms with Crippen LogP contribution in [0.25, 0.3) is 11.5 Å². The normalized spacial score (nSPS) is 10.4. The van der Waals surface area contributed by atoms with E-state index in [0.29, 0.717) is 17.2 Å². The van der Waals surface area contributed by atoms with Crippen molar-refractivity contribution in [1.29, 1.82) is 0 Å². The average Bonchev–Trinajstić information content (AvgIpc) is 3.14. The molecule has 0 saturated heterocycles. The minimum absolute atomic E-state index is 0.0419. The predicted molar refractivity (Wildman–Crippen MR) is 88.9 cm³/mol. The molecule has 0 unspecified atom stereocenters. The number of benzene rings is 1. The summed E-state index contributed by atoms with van der Waals surface area (Å²) in [7, 11) is 1.57. The zero-order valence-corrected chi connectivity index (χ0v) is 13.0. The molecular weight excluding hydrogens is 308 g/mol. The third-order valence-corrected chi connectivity index (χ3v) is 3.57. The lowest BCUT2D eigenvalue weighted by molar-refractivity contribution is 0.0949. The molecule has 2 N–H and O–H groups in total. The number of rotatable bonds is 5. The summed E-state index contributed by atoms with van der Waals surface area (Å²) < 4.78 is 10.5. The van der Waals surface area contributed by atoms with Crippen LogP contribution in [-0.2, 0) is 6.54 Å². The smallest absolute Gasteiger partial charge is 0.261 e. The molecule has 3 rings (SSSR count). The summed E-state index contributed by atoms with van der Waals surface area (Å²) in [6.45, 7) is 0.266. The highest BCUT2D eigenvalue weighted by molar-refractivity contribution is 5.94. The van der Waals surface area contributed by atoms with Gasteiger partial charge >= 0.3 is 0 Å². The Bertz CT molecular complexity index is 897. The molecule has 3 aromatic rings. The molecule has 0 fully saturated rings. The molecule has 0 aliphatic heterocycles. The minimum atomic E-state index is -0.471. The van der Waals surface area contributed by atoms with Crippen LogP contribution in [0, 0.1) is 0 Å². The van der Waals surface area contributed by atoms with Crippen molar-refractivity contribution in [3.8, 4) is 17.2 Å². The molecule has 6 heteroatoms. The Balaban J connectivity index is 1.75. The fourth-order valence-electron chi connectivity index (χ4n) is 2.35. The highest BCUT2D eigenvalue weighted by atomic mass is 16.5. The van der Waals surface area contributed by atoms with E-state index in [2.05, 4.69) is 10.3 Å². The van der Waals surface area contributed by atoms with Gasteiger partial charge in [-0.05, 0) is 30.3 Å². The van der Waals surface area contributed by atoms with Gasteiger partial charge in [0.25, 0.3) is 11.5 Å². The molecule has 0 aliphatic rings. The summed E-state index contributed by atoms with van der Waals surface area (Å²) >= 11 is 0. The van der Waals surface area contributed by atoms with Crippen LogP contribution in [0.2, 0.25) is 0 Å². The monoisotopic (exact) mass is 324 g/mol. The van der Waals surface area contributed by atoms with E-state index in [1.807, 2.05) is 24.3 Å². The number of pyridine rings is 1. The summed E-state index contributed by atoms with van der Waals surface area (Å²) in [5.74, 6) is 0.765. The van der Waals surface area contributed by atoms with Crippen LogP contribution in [0.1, 0.15) is 15.9 Å². The molecule has 0 saturated carbocycles. The van der Waals surface area contributed by atoms with E-state index in [9.17, 15) is 9.59 Å². The molecule has 2 aromatic heterocycles. The molecule has 6 nitrogen and oxygen atoms in total. The number of hydrogen-bond acceptors (Lipinski definition) is 4. The van der Waals surface area contributed by atoms with E-state index in [-0.39, 0.29) is 12.1 Å². The van der Waals surface area contributed by atoms with Gasteiger partial charge in [-0.2, -0.15) is 0 Å². The second-order valence-electron chi connectivity index (χ2n) is 5.09. The van der Waals surface area contributed by atoms with Crippen LogP contribution in [0.5, 0.6) is 5.75 Å². The summed E-state index contributed by atoms with van der Waals surface area (Å²) in [6.07, 6.45) is 1.52. The minimum Gasteiger partial charge on any atom is -0.496 e. The number of ether oxygens (including phenoxy) is 1. The largest absolute Gasteiger partial charge is 0.496 e. The van der Waals surface area contributed by atoms with Crippen molar-refractivity contribution >= 4 is 5.91 Å². The number of methoxy groups -OCH3 is 1. The Hall–Kier alpha value is -3.28. The Morgan fingerprint density at radius 3 is 2.71 bits per heavy atom. The molecule has 0 aliphatic carbocycles. The molecule has 1 amide bonds. The van der Waals surface area contributed by atoms with Crippen LogP contribution < -0.4 is 15.6 Å². The van der Waals surface area contributed by atoms with Crippen LogP contribution in [0.4, 0.5) is 0 Å². The lowest BCUT2D eigenvalue weighted by atomic mass is 10.2. The van der Waals surface area contributed by atoms with Crippen molar-refractivity contribution in [2.75, 3.05) is 7.11 Å². The van der Waals surface area contributed by atoms with Gasteiger partial charge in [0.05, 0.1) is 19.1 Å². The van der Waals surface area contributed by atoms with Crippen LogP contribution >= 0.6 is 0 Å². The first kappa shape index (κ1) is 15.6. The summed E-state index contributed by atoms with van der Waals surface area (Å²) in [6, 6.07) is 13.9. The third-order valence-electron chi connectivity index (χ3n) is 3.57. The first-order valence-corrected chi connectivity index (χ1v) is 7.36. The Labute approximate surface area is 138 Å². The molecule has 122 valence electrons. The standard InChI is InChI=1S/C18H16N2O4/c1-23-15-6-3-2-5-12(15)11-19-17(21)13-8-9-14(20-18(13)22)16-7-4-10-24-16/h2-10H,11H2,1H3,(H,19,21)(H,20,22). The number of aromatic nitrogens is 1. The van der Waals surface area contributed by atoms with Crippen LogP contribution in [0.3, 0.4) is 0 Å². The zero-order chi connectivity index (χ0) is 16.9. The van der Waals surface area contributed by atoms with Gasteiger partial charge in [-0.3, -0.25) is 9.59 Å². The second kappa shape index (κ2) is 6.87. The number of amides is 1. The van der Waals surface area contributed by atoms with Crippen LogP contribution in [-0.4, -0.2) is 18.0 Å². The van der Waals surface area contributed by atoms with Gasteiger partial charge in [0.1, 0.15) is 17.1 Å². The third kappa shape index (κ3) is 3.22. The van der Waals surface area contributed by atoms with Gasteiger partial charge in [0, 0.05) is 12.1 Å². The molecule has 0 spiro atoms.